The SMILES string of the molecule is Cc1nc(N[C@H](C)c2cccc(C(F)F)c2F)c2cc(Br)c(NC(C)C)cc2n1. The predicted molar refractivity (Wildman–Crippen MR) is 114 cm³/mol. The van der Waals surface area contributed by atoms with Crippen molar-refractivity contribution in [2.75, 3.05) is 10.6 Å². The van der Waals surface area contributed by atoms with Crippen LogP contribution >= 0.6 is 15.9 Å². The first-order valence-electron chi connectivity index (χ1n) is 9.24. The van der Waals surface area contributed by atoms with Gasteiger partial charge in [0.05, 0.1) is 22.8 Å². The molecule has 1 aromatic heterocycles. The molecule has 0 spiro atoms. The summed E-state index contributed by atoms with van der Waals surface area (Å²) in [6.45, 7) is 7.56. The zero-order valence-electron chi connectivity index (χ0n) is 16.5. The molecule has 0 saturated heterocycles. The number of fused-ring (bicyclic) bond motifs is 1. The van der Waals surface area contributed by atoms with Crippen LogP contribution in [0.15, 0.2) is 34.8 Å². The Bertz CT molecular complexity index is 1040. The van der Waals surface area contributed by atoms with Crippen molar-refractivity contribution in [1.29, 1.82) is 0 Å². The van der Waals surface area contributed by atoms with E-state index in [1.54, 1.807) is 13.8 Å². The average molecular weight is 467 g/mol. The van der Waals surface area contributed by atoms with Gasteiger partial charge in [-0.2, -0.15) is 0 Å². The van der Waals surface area contributed by atoms with Crippen LogP contribution in [0.5, 0.6) is 0 Å². The van der Waals surface area contributed by atoms with Gasteiger partial charge >= 0.3 is 0 Å². The molecule has 0 amide bonds. The van der Waals surface area contributed by atoms with E-state index in [2.05, 4.69) is 36.5 Å². The Balaban J connectivity index is 2.02. The van der Waals surface area contributed by atoms with Crippen LogP contribution in [-0.2, 0) is 0 Å². The molecule has 4 nitrogen and oxygen atoms in total. The highest BCUT2D eigenvalue weighted by Crippen LogP contribution is 2.34. The van der Waals surface area contributed by atoms with Crippen molar-refractivity contribution in [2.45, 2.75) is 46.2 Å². The smallest absolute Gasteiger partial charge is 0.266 e. The Morgan fingerprint density at radius 3 is 2.34 bits per heavy atom. The Hall–Kier alpha value is -2.35. The number of rotatable bonds is 6. The second kappa shape index (κ2) is 8.57. The minimum Gasteiger partial charge on any atom is -0.382 e. The van der Waals surface area contributed by atoms with Gasteiger partial charge in [-0.3, -0.25) is 0 Å². The van der Waals surface area contributed by atoms with Crippen molar-refractivity contribution >= 4 is 38.3 Å². The van der Waals surface area contributed by atoms with Crippen LogP contribution in [0.25, 0.3) is 10.9 Å². The van der Waals surface area contributed by atoms with E-state index in [9.17, 15) is 13.2 Å². The van der Waals surface area contributed by atoms with Crippen molar-refractivity contribution in [3.63, 3.8) is 0 Å². The number of hydrogen-bond donors (Lipinski definition) is 2. The number of nitrogens with zero attached hydrogens (tertiary/aromatic N) is 2. The van der Waals surface area contributed by atoms with Gasteiger partial charge in [0, 0.05) is 21.5 Å². The Morgan fingerprint density at radius 1 is 1.00 bits per heavy atom. The molecule has 29 heavy (non-hydrogen) atoms. The van der Waals surface area contributed by atoms with Crippen LogP contribution in [0.4, 0.5) is 24.7 Å². The molecule has 0 fully saturated rings. The predicted octanol–water partition coefficient (Wildman–Crippen LogP) is 6.77. The molecular weight excluding hydrogens is 445 g/mol. The van der Waals surface area contributed by atoms with E-state index in [0.717, 1.165) is 27.1 Å². The highest BCUT2D eigenvalue weighted by atomic mass is 79.9. The lowest BCUT2D eigenvalue weighted by molar-refractivity contribution is 0.146. The Kier molecular flexibility index (Phi) is 6.31. The Labute approximate surface area is 176 Å². The van der Waals surface area contributed by atoms with Crippen molar-refractivity contribution in [2.24, 2.45) is 0 Å². The fraction of sp³-hybridized carbons (Fsp3) is 0.333. The van der Waals surface area contributed by atoms with Gasteiger partial charge in [-0.25, -0.2) is 23.1 Å². The van der Waals surface area contributed by atoms with Crippen molar-refractivity contribution in [1.82, 2.24) is 9.97 Å². The fourth-order valence-corrected chi connectivity index (χ4v) is 3.61. The lowest BCUT2D eigenvalue weighted by atomic mass is 10.0. The monoisotopic (exact) mass is 466 g/mol. The summed E-state index contributed by atoms with van der Waals surface area (Å²) in [4.78, 5) is 8.95. The molecule has 154 valence electrons. The van der Waals surface area contributed by atoms with Gasteiger partial charge in [0.15, 0.2) is 0 Å². The summed E-state index contributed by atoms with van der Waals surface area (Å²) in [6.07, 6.45) is -2.87. The number of aryl methyl sites for hydroxylation is 1. The summed E-state index contributed by atoms with van der Waals surface area (Å²) in [5, 5.41) is 7.25. The zero-order chi connectivity index (χ0) is 21.3. The van der Waals surface area contributed by atoms with Gasteiger partial charge in [-0.15, -0.1) is 0 Å². The van der Waals surface area contributed by atoms with E-state index < -0.39 is 23.8 Å². The molecular formula is C21H22BrF3N4. The number of aromatic nitrogens is 2. The van der Waals surface area contributed by atoms with E-state index in [4.69, 9.17) is 0 Å². The highest BCUT2D eigenvalue weighted by Gasteiger charge is 2.20. The van der Waals surface area contributed by atoms with Gasteiger partial charge in [0.25, 0.3) is 6.43 Å². The molecule has 0 bridgehead atoms. The summed E-state index contributed by atoms with van der Waals surface area (Å²) >= 11 is 3.56. The molecule has 0 saturated carbocycles. The molecule has 0 aliphatic rings. The van der Waals surface area contributed by atoms with Crippen LogP contribution in [0.1, 0.15) is 50.2 Å². The molecule has 0 unspecified atom stereocenters. The largest absolute Gasteiger partial charge is 0.382 e. The molecule has 1 atom stereocenters. The molecule has 3 rings (SSSR count). The third kappa shape index (κ3) is 4.63. The lowest BCUT2D eigenvalue weighted by Crippen LogP contribution is -2.13. The van der Waals surface area contributed by atoms with Gasteiger partial charge in [0.1, 0.15) is 17.5 Å². The molecule has 8 heteroatoms. The van der Waals surface area contributed by atoms with Gasteiger partial charge in [0.2, 0.25) is 0 Å². The number of hydrogen-bond acceptors (Lipinski definition) is 4. The van der Waals surface area contributed by atoms with Crippen molar-refractivity contribution in [3.05, 3.63) is 57.6 Å². The lowest BCUT2D eigenvalue weighted by Gasteiger charge is -2.19. The fourth-order valence-electron chi connectivity index (χ4n) is 3.15. The van der Waals surface area contributed by atoms with E-state index in [-0.39, 0.29) is 11.6 Å². The summed E-state index contributed by atoms with van der Waals surface area (Å²) in [5.74, 6) is 0.160. The average Bonchev–Trinajstić information content (AvgIpc) is 2.62. The molecule has 0 aliphatic heterocycles. The van der Waals surface area contributed by atoms with E-state index in [0.29, 0.717) is 11.6 Å². The van der Waals surface area contributed by atoms with Crippen LogP contribution in [0, 0.1) is 12.7 Å². The zero-order valence-corrected chi connectivity index (χ0v) is 18.1. The van der Waals surface area contributed by atoms with Crippen LogP contribution in [0.3, 0.4) is 0 Å². The van der Waals surface area contributed by atoms with Gasteiger partial charge in [-0.05, 0) is 55.8 Å². The van der Waals surface area contributed by atoms with Gasteiger partial charge in [-0.1, -0.05) is 18.2 Å². The summed E-state index contributed by atoms with van der Waals surface area (Å²) in [7, 11) is 0. The summed E-state index contributed by atoms with van der Waals surface area (Å²) in [6, 6.07) is 7.51. The third-order valence-corrected chi connectivity index (χ3v) is 5.11. The number of alkyl halides is 2. The third-order valence-electron chi connectivity index (χ3n) is 4.45. The van der Waals surface area contributed by atoms with Gasteiger partial charge < -0.3 is 10.6 Å². The minimum absolute atomic E-state index is 0.157. The molecule has 2 N–H and O–H groups in total. The number of nitrogens with one attached hydrogen (secondary N) is 2. The number of anilines is 2. The van der Waals surface area contributed by atoms with Crippen LogP contribution < -0.4 is 10.6 Å². The first-order chi connectivity index (χ1) is 13.7. The molecule has 3 aromatic rings. The van der Waals surface area contributed by atoms with Crippen molar-refractivity contribution in [3.8, 4) is 0 Å². The van der Waals surface area contributed by atoms with Crippen molar-refractivity contribution < 1.29 is 13.2 Å². The second-order valence-corrected chi connectivity index (χ2v) is 8.04. The number of halogens is 4. The van der Waals surface area contributed by atoms with E-state index in [1.807, 2.05) is 26.0 Å². The topological polar surface area (TPSA) is 49.8 Å². The number of benzene rings is 2. The second-order valence-electron chi connectivity index (χ2n) is 7.18. The van der Waals surface area contributed by atoms with Crippen LogP contribution in [0.2, 0.25) is 0 Å². The van der Waals surface area contributed by atoms with E-state index in [1.165, 1.54) is 12.1 Å². The standard InChI is InChI=1S/C21H22BrF3N4/c1-10(2)26-18-9-17-15(8-16(18)22)21(29-12(4)28-17)27-11(3)13-6-5-7-14(19(13)23)20(24)25/h5-11,20,26H,1-4H3,(H,27,28,29)/t11-/m1/s1. The maximum Gasteiger partial charge on any atom is 0.266 e. The molecule has 0 radical (unpaired) electrons. The van der Waals surface area contributed by atoms with E-state index >= 15 is 0 Å². The maximum atomic E-state index is 14.5. The quantitative estimate of drug-likeness (QED) is 0.420. The summed E-state index contributed by atoms with van der Waals surface area (Å²) < 4.78 is 41.5. The minimum atomic E-state index is -2.87. The highest BCUT2D eigenvalue weighted by molar-refractivity contribution is 9.10. The molecule has 2 aromatic carbocycles. The normalized spacial score (nSPS) is 12.6. The molecule has 0 aliphatic carbocycles. The summed E-state index contributed by atoms with van der Waals surface area (Å²) in [5.41, 5.74) is 1.18. The Morgan fingerprint density at radius 2 is 1.69 bits per heavy atom. The van der Waals surface area contributed by atoms with Crippen LogP contribution in [-0.4, -0.2) is 16.0 Å². The first kappa shape index (κ1) is 21.4. The molecule has 1 heterocycles. The maximum absolute atomic E-state index is 14.5. The first-order valence-corrected chi connectivity index (χ1v) is 10.0.